The summed E-state index contributed by atoms with van der Waals surface area (Å²) in [5, 5.41) is 1.22. The van der Waals surface area contributed by atoms with E-state index in [1.165, 1.54) is 52.9 Å². The molecule has 2 aromatic carbocycles. The minimum atomic E-state index is 0.236. The number of benzene rings is 2. The van der Waals surface area contributed by atoms with Crippen LogP contribution in [0.5, 0.6) is 0 Å². The van der Waals surface area contributed by atoms with Crippen molar-refractivity contribution in [1.82, 2.24) is 0 Å². The van der Waals surface area contributed by atoms with E-state index in [1.807, 2.05) is 11.8 Å². The van der Waals surface area contributed by atoms with Crippen LogP contribution in [-0.4, -0.2) is 24.7 Å². The Morgan fingerprint density at radius 2 is 1.54 bits per heavy atom. The van der Waals surface area contributed by atoms with Crippen LogP contribution in [0.25, 0.3) is 0 Å². The number of hydrogen-bond acceptors (Lipinski definition) is 2. The van der Waals surface area contributed by atoms with E-state index in [-0.39, 0.29) is 4.75 Å². The molecule has 0 radical (unpaired) electrons. The molecule has 2 aromatic rings. The third-order valence-electron chi connectivity index (χ3n) is 4.71. The van der Waals surface area contributed by atoms with E-state index in [0.717, 1.165) is 0 Å². The Balaban J connectivity index is 1.65. The van der Waals surface area contributed by atoms with Gasteiger partial charge < -0.3 is 0 Å². The molecule has 0 atom stereocenters. The average Bonchev–Trinajstić information content (AvgIpc) is 3.00. The number of rotatable bonds is 3. The van der Waals surface area contributed by atoms with Gasteiger partial charge in [-0.1, -0.05) is 0 Å². The van der Waals surface area contributed by atoms with E-state index in [4.69, 9.17) is 4.99 Å². The van der Waals surface area contributed by atoms with E-state index in [0.29, 0.717) is 15.0 Å². The maximum atomic E-state index is 5.11. The van der Waals surface area contributed by atoms with E-state index in [9.17, 15) is 0 Å². The van der Waals surface area contributed by atoms with Gasteiger partial charge in [0.2, 0.25) is 0 Å². The summed E-state index contributed by atoms with van der Waals surface area (Å²) in [6, 6.07) is 21.5. The molecule has 0 aromatic heterocycles. The van der Waals surface area contributed by atoms with Crippen LogP contribution in [0.3, 0.4) is 0 Å². The van der Waals surface area contributed by atoms with E-state index < -0.39 is 0 Å². The normalized spacial score (nSPS) is 21.2. The van der Waals surface area contributed by atoms with Gasteiger partial charge in [0, 0.05) is 0 Å². The summed E-state index contributed by atoms with van der Waals surface area (Å²) >= 11 is 2.38. The molecule has 122 valence electrons. The molecule has 1 spiro atoms. The van der Waals surface area contributed by atoms with Crippen molar-refractivity contribution in [2.75, 3.05) is 0 Å². The van der Waals surface area contributed by atoms with Crippen molar-refractivity contribution in [2.45, 2.75) is 36.9 Å². The van der Waals surface area contributed by atoms with Gasteiger partial charge in [0.1, 0.15) is 0 Å². The summed E-state index contributed by atoms with van der Waals surface area (Å²) in [5.74, 6) is 0. The molecule has 0 unspecified atom stereocenters. The summed E-state index contributed by atoms with van der Waals surface area (Å²) in [6.45, 7) is 0. The molecule has 1 heterocycles. The van der Waals surface area contributed by atoms with Gasteiger partial charge in [-0.3, -0.25) is 0 Å². The Hall–Kier alpha value is -1.28. The molecule has 0 amide bonds. The molecule has 1 saturated carbocycles. The molecular formula is C21H21NSSe. The minimum absolute atomic E-state index is 0.236. The molecule has 0 saturated heterocycles. The summed E-state index contributed by atoms with van der Waals surface area (Å²) in [4.78, 5) is 7.55. The molecule has 4 rings (SSSR count). The average molecular weight is 398 g/mol. The molecule has 24 heavy (non-hydrogen) atoms. The molecule has 1 aliphatic carbocycles. The fraction of sp³-hybridized carbons (Fsp3) is 0.286. The second kappa shape index (κ2) is 7.31. The second-order valence-electron chi connectivity index (χ2n) is 6.37. The predicted octanol–water partition coefficient (Wildman–Crippen LogP) is 4.75. The Morgan fingerprint density at radius 3 is 2.25 bits per heavy atom. The van der Waals surface area contributed by atoms with Crippen LogP contribution in [0.4, 0.5) is 0 Å². The first-order valence-corrected chi connectivity index (χ1v) is 11.3. The third-order valence-corrected chi connectivity index (χ3v) is 8.10. The van der Waals surface area contributed by atoms with Gasteiger partial charge in [-0.2, -0.15) is 0 Å². The summed E-state index contributed by atoms with van der Waals surface area (Å²) in [7, 11) is 0. The van der Waals surface area contributed by atoms with Gasteiger partial charge in [0.05, 0.1) is 0 Å². The van der Waals surface area contributed by atoms with Crippen LogP contribution >= 0.6 is 11.8 Å². The van der Waals surface area contributed by atoms with Gasteiger partial charge in [0.15, 0.2) is 0 Å². The molecular weight excluding hydrogens is 377 g/mol. The quantitative estimate of drug-likeness (QED) is 0.680. The number of aliphatic imine (C=N–C) groups is 1. The predicted molar refractivity (Wildman–Crippen MR) is 106 cm³/mol. The topological polar surface area (TPSA) is 12.4 Å². The van der Waals surface area contributed by atoms with Crippen LogP contribution in [0.1, 0.15) is 37.7 Å². The third kappa shape index (κ3) is 3.39. The fourth-order valence-corrected chi connectivity index (χ4v) is 6.81. The van der Waals surface area contributed by atoms with Gasteiger partial charge in [-0.15, -0.1) is 0 Å². The molecule has 0 N–H and O–H groups in total. The molecule has 1 nitrogen and oxygen atoms in total. The molecule has 2 aliphatic rings. The zero-order valence-electron chi connectivity index (χ0n) is 13.7. The Labute approximate surface area is 154 Å². The van der Waals surface area contributed by atoms with Crippen LogP contribution in [0.15, 0.2) is 76.3 Å². The SMILES string of the molecule is C(/[Se]c1ccccc1)=C1/N=C(c2ccccc2)SC12CCCCC2. The Kier molecular flexibility index (Phi) is 4.93. The maximum absolute atomic E-state index is 5.11. The summed E-state index contributed by atoms with van der Waals surface area (Å²) in [6.07, 6.45) is 6.59. The first-order chi connectivity index (χ1) is 11.9. The van der Waals surface area contributed by atoms with Crippen molar-refractivity contribution in [3.05, 3.63) is 76.9 Å². The zero-order chi connectivity index (χ0) is 16.2. The monoisotopic (exact) mass is 399 g/mol. The van der Waals surface area contributed by atoms with Crippen LogP contribution in [0, 0.1) is 0 Å². The first kappa shape index (κ1) is 16.2. The van der Waals surface area contributed by atoms with Crippen molar-refractivity contribution >= 4 is 36.2 Å². The van der Waals surface area contributed by atoms with E-state index in [2.05, 4.69) is 65.6 Å². The van der Waals surface area contributed by atoms with E-state index in [1.54, 1.807) is 0 Å². The van der Waals surface area contributed by atoms with Gasteiger partial charge in [-0.05, 0) is 0 Å². The van der Waals surface area contributed by atoms with Gasteiger partial charge in [-0.25, -0.2) is 0 Å². The van der Waals surface area contributed by atoms with Gasteiger partial charge in [0.25, 0.3) is 0 Å². The number of thioether (sulfide) groups is 1. The summed E-state index contributed by atoms with van der Waals surface area (Å²) in [5.41, 5.74) is 2.61. The van der Waals surface area contributed by atoms with E-state index >= 15 is 0 Å². The molecule has 1 aliphatic heterocycles. The second-order valence-corrected chi connectivity index (χ2v) is 9.72. The first-order valence-electron chi connectivity index (χ1n) is 8.61. The van der Waals surface area contributed by atoms with Crippen molar-refractivity contribution < 1.29 is 0 Å². The van der Waals surface area contributed by atoms with Crippen molar-refractivity contribution in [3.8, 4) is 0 Å². The van der Waals surface area contributed by atoms with Gasteiger partial charge >= 0.3 is 155 Å². The van der Waals surface area contributed by atoms with Crippen molar-refractivity contribution in [3.63, 3.8) is 0 Å². The number of hydrogen-bond donors (Lipinski definition) is 0. The zero-order valence-corrected chi connectivity index (χ0v) is 16.2. The summed E-state index contributed by atoms with van der Waals surface area (Å²) < 4.78 is 1.66. The van der Waals surface area contributed by atoms with Crippen LogP contribution in [0.2, 0.25) is 0 Å². The Morgan fingerprint density at radius 1 is 0.875 bits per heavy atom. The molecule has 3 heteroatoms. The fourth-order valence-electron chi connectivity index (χ4n) is 3.41. The number of nitrogens with zero attached hydrogens (tertiary/aromatic N) is 1. The Bertz CT molecular complexity index is 746. The van der Waals surface area contributed by atoms with Crippen LogP contribution < -0.4 is 4.46 Å². The van der Waals surface area contributed by atoms with Crippen molar-refractivity contribution in [1.29, 1.82) is 0 Å². The standard InChI is InChI=1S/C21H21NSSe/c1-4-10-17(11-5-1)20-22-19(16-24-18-12-6-2-7-13-18)21(23-20)14-8-3-9-15-21/h1-2,4-7,10-13,16H,3,8-9,14-15H2/b19-16-. The molecule has 1 fully saturated rings. The van der Waals surface area contributed by atoms with Crippen LogP contribution in [-0.2, 0) is 0 Å². The molecule has 0 bridgehead atoms. The van der Waals surface area contributed by atoms with Crippen molar-refractivity contribution in [2.24, 2.45) is 4.99 Å².